The Hall–Kier alpha value is -2.95. The number of hydrogen-bond acceptors (Lipinski definition) is 2. The summed E-state index contributed by atoms with van der Waals surface area (Å²) in [6, 6.07) is 28.3. The summed E-state index contributed by atoms with van der Waals surface area (Å²) in [5.41, 5.74) is 2.37. The molecule has 2 bridgehead atoms. The van der Waals surface area contributed by atoms with Gasteiger partial charge in [-0.05, 0) is 54.1 Å². The lowest BCUT2D eigenvalue weighted by Crippen LogP contribution is -2.40. The van der Waals surface area contributed by atoms with Gasteiger partial charge in [0.25, 0.3) is 0 Å². The van der Waals surface area contributed by atoms with Gasteiger partial charge in [0.1, 0.15) is 5.60 Å². The van der Waals surface area contributed by atoms with E-state index in [-0.39, 0.29) is 0 Å². The highest BCUT2D eigenvalue weighted by molar-refractivity contribution is 7.80. The van der Waals surface area contributed by atoms with Gasteiger partial charge in [-0.3, -0.25) is 0 Å². The van der Waals surface area contributed by atoms with Crippen LogP contribution in [-0.4, -0.2) is 16.3 Å². The monoisotopic (exact) mass is 440 g/mol. The lowest BCUT2D eigenvalue weighted by Gasteiger charge is -2.32. The van der Waals surface area contributed by atoms with E-state index in [2.05, 4.69) is 34.9 Å². The third-order valence-electron chi connectivity index (χ3n) is 6.77. The predicted molar refractivity (Wildman–Crippen MR) is 135 cm³/mol. The van der Waals surface area contributed by atoms with Gasteiger partial charge in [-0.15, -0.1) is 0 Å². The van der Waals surface area contributed by atoms with E-state index in [1.807, 2.05) is 72.8 Å². The zero-order valence-corrected chi connectivity index (χ0v) is 18.8. The first-order valence-electron chi connectivity index (χ1n) is 11.3. The highest BCUT2D eigenvalue weighted by Crippen LogP contribution is 2.40. The first-order valence-corrected chi connectivity index (χ1v) is 11.7. The van der Waals surface area contributed by atoms with Crippen LogP contribution in [0.3, 0.4) is 0 Å². The molecule has 3 N–H and O–H groups in total. The quantitative estimate of drug-likeness (QED) is 0.354. The van der Waals surface area contributed by atoms with Crippen molar-refractivity contribution in [3.8, 4) is 0 Å². The third-order valence-corrected chi connectivity index (χ3v) is 6.99. The van der Waals surface area contributed by atoms with Gasteiger partial charge < -0.3 is 15.7 Å². The topological polar surface area (TPSA) is 44.3 Å². The Labute approximate surface area is 195 Å². The zero-order valence-electron chi connectivity index (χ0n) is 17.9. The number of benzene rings is 3. The molecule has 0 saturated heterocycles. The standard InChI is InChI=1S/C28H28N2OS/c31-28(23-11-5-2-6-12-23,19-20-9-3-1-4-10-20)24-13-7-8-14-25(24)29-27(32)30-26-18-21-15-16-22(26)17-21/h1-16,21-22,26,31H,17-19H2,(H2,29,30,32)/t21-,22-,26-,28-/m1/s1. The molecule has 1 saturated carbocycles. The highest BCUT2D eigenvalue weighted by atomic mass is 32.1. The van der Waals surface area contributed by atoms with Gasteiger partial charge in [-0.1, -0.05) is 91.0 Å². The summed E-state index contributed by atoms with van der Waals surface area (Å²) in [5.74, 6) is 1.25. The van der Waals surface area contributed by atoms with Crippen LogP contribution in [0.2, 0.25) is 0 Å². The first-order chi connectivity index (χ1) is 15.6. The molecule has 0 aromatic heterocycles. The number of thiocarbonyl (C=S) groups is 1. The minimum absolute atomic E-state index is 0.384. The molecule has 0 heterocycles. The Morgan fingerprint density at radius 3 is 2.25 bits per heavy atom. The fourth-order valence-electron chi connectivity index (χ4n) is 5.18. The number of aliphatic hydroxyl groups is 1. The van der Waals surface area contributed by atoms with E-state index in [4.69, 9.17) is 12.2 Å². The van der Waals surface area contributed by atoms with E-state index >= 15 is 0 Å². The van der Waals surface area contributed by atoms with Crippen LogP contribution < -0.4 is 10.6 Å². The molecule has 0 amide bonds. The smallest absolute Gasteiger partial charge is 0.171 e. The summed E-state index contributed by atoms with van der Waals surface area (Å²) in [6.07, 6.45) is 7.47. The molecule has 0 unspecified atom stereocenters. The molecule has 2 aliphatic carbocycles. The van der Waals surface area contributed by atoms with E-state index in [1.54, 1.807) is 0 Å². The summed E-state index contributed by atoms with van der Waals surface area (Å²) >= 11 is 5.69. The van der Waals surface area contributed by atoms with Crippen molar-refractivity contribution in [2.45, 2.75) is 30.9 Å². The Kier molecular flexibility index (Phi) is 5.81. The van der Waals surface area contributed by atoms with Gasteiger partial charge in [-0.2, -0.15) is 0 Å². The molecular weight excluding hydrogens is 412 g/mol. The Morgan fingerprint density at radius 1 is 0.875 bits per heavy atom. The number of hydrogen-bond donors (Lipinski definition) is 3. The van der Waals surface area contributed by atoms with Gasteiger partial charge in [-0.25, -0.2) is 0 Å². The van der Waals surface area contributed by atoms with Crippen molar-refractivity contribution < 1.29 is 5.11 Å². The zero-order chi connectivity index (χ0) is 22.0. The van der Waals surface area contributed by atoms with Crippen LogP contribution in [0.5, 0.6) is 0 Å². The number of allylic oxidation sites excluding steroid dienone is 1. The molecule has 0 spiro atoms. The van der Waals surface area contributed by atoms with E-state index in [0.717, 1.165) is 28.8 Å². The second-order valence-electron chi connectivity index (χ2n) is 8.92. The molecule has 3 aromatic rings. The summed E-state index contributed by atoms with van der Waals surface area (Å²) in [4.78, 5) is 0. The molecule has 5 rings (SSSR count). The first kappa shape index (κ1) is 20.9. The molecular formula is C28H28N2OS. The molecule has 4 heteroatoms. The third kappa shape index (κ3) is 4.21. The summed E-state index contributed by atoms with van der Waals surface area (Å²) in [7, 11) is 0. The van der Waals surface area contributed by atoms with Crippen molar-refractivity contribution in [1.82, 2.24) is 5.32 Å². The van der Waals surface area contributed by atoms with Crippen LogP contribution in [0.4, 0.5) is 5.69 Å². The minimum atomic E-state index is -1.20. The Bertz CT molecular complexity index is 1110. The van der Waals surface area contributed by atoms with E-state index in [0.29, 0.717) is 29.4 Å². The van der Waals surface area contributed by atoms with Crippen molar-refractivity contribution in [3.63, 3.8) is 0 Å². The van der Waals surface area contributed by atoms with Crippen molar-refractivity contribution >= 4 is 23.0 Å². The number of para-hydroxylation sites is 1. The highest BCUT2D eigenvalue weighted by Gasteiger charge is 2.37. The van der Waals surface area contributed by atoms with Crippen molar-refractivity contribution in [2.24, 2.45) is 11.8 Å². The van der Waals surface area contributed by atoms with Gasteiger partial charge in [0.05, 0.1) is 0 Å². The molecule has 1 fully saturated rings. The average molecular weight is 441 g/mol. The summed E-state index contributed by atoms with van der Waals surface area (Å²) in [5, 5.41) is 19.7. The number of rotatable bonds is 6. The number of fused-ring (bicyclic) bond motifs is 2. The number of nitrogens with one attached hydrogen (secondary N) is 2. The molecule has 3 nitrogen and oxygen atoms in total. The lowest BCUT2D eigenvalue weighted by atomic mass is 9.80. The van der Waals surface area contributed by atoms with Crippen LogP contribution >= 0.6 is 12.2 Å². The lowest BCUT2D eigenvalue weighted by molar-refractivity contribution is 0.0819. The SMILES string of the molecule is O[C@](Cc1ccccc1)(c1ccccc1)c1ccccc1NC(=S)N[C@@H]1C[C@@H]2C=C[C@@H]1C2. The second-order valence-corrected chi connectivity index (χ2v) is 9.33. The molecule has 0 radical (unpaired) electrons. The average Bonchev–Trinajstić information content (AvgIpc) is 3.44. The predicted octanol–water partition coefficient (Wildman–Crippen LogP) is 5.42. The maximum absolute atomic E-state index is 12.2. The van der Waals surface area contributed by atoms with Crippen LogP contribution in [0.25, 0.3) is 0 Å². The molecule has 3 aromatic carbocycles. The maximum Gasteiger partial charge on any atom is 0.171 e. The summed E-state index contributed by atoms with van der Waals surface area (Å²) in [6.45, 7) is 0. The summed E-state index contributed by atoms with van der Waals surface area (Å²) < 4.78 is 0. The van der Waals surface area contributed by atoms with Gasteiger partial charge in [0, 0.05) is 23.7 Å². The van der Waals surface area contributed by atoms with Crippen LogP contribution in [0, 0.1) is 11.8 Å². The maximum atomic E-state index is 12.2. The molecule has 162 valence electrons. The molecule has 0 aliphatic heterocycles. The Morgan fingerprint density at radius 2 is 1.56 bits per heavy atom. The molecule has 4 atom stereocenters. The van der Waals surface area contributed by atoms with Crippen LogP contribution in [0.1, 0.15) is 29.5 Å². The largest absolute Gasteiger partial charge is 0.380 e. The normalized spacial score (nSPS) is 23.0. The Balaban J connectivity index is 1.44. The second kappa shape index (κ2) is 8.89. The fraction of sp³-hybridized carbons (Fsp3) is 0.250. The van der Waals surface area contributed by atoms with Gasteiger partial charge in [0.2, 0.25) is 0 Å². The van der Waals surface area contributed by atoms with E-state index < -0.39 is 5.60 Å². The molecule has 2 aliphatic rings. The molecule has 32 heavy (non-hydrogen) atoms. The van der Waals surface area contributed by atoms with E-state index in [9.17, 15) is 5.11 Å². The van der Waals surface area contributed by atoms with Crippen molar-refractivity contribution in [3.05, 3.63) is 114 Å². The number of anilines is 1. The van der Waals surface area contributed by atoms with Gasteiger partial charge in [0.15, 0.2) is 5.11 Å². The van der Waals surface area contributed by atoms with Crippen LogP contribution in [-0.2, 0) is 12.0 Å². The van der Waals surface area contributed by atoms with Gasteiger partial charge >= 0.3 is 0 Å². The van der Waals surface area contributed by atoms with Crippen LogP contribution in [0.15, 0.2) is 97.1 Å². The fourth-order valence-corrected chi connectivity index (χ4v) is 5.45. The van der Waals surface area contributed by atoms with Crippen molar-refractivity contribution in [1.29, 1.82) is 0 Å². The van der Waals surface area contributed by atoms with E-state index in [1.165, 1.54) is 6.42 Å². The minimum Gasteiger partial charge on any atom is -0.380 e. The van der Waals surface area contributed by atoms with Crippen molar-refractivity contribution in [2.75, 3.05) is 5.32 Å².